The van der Waals surface area contributed by atoms with E-state index < -0.39 is 0 Å². The third-order valence-electron chi connectivity index (χ3n) is 6.67. The molecule has 1 amide bonds. The van der Waals surface area contributed by atoms with E-state index in [-0.39, 0.29) is 11.7 Å². The molecule has 2 heterocycles. The van der Waals surface area contributed by atoms with Gasteiger partial charge in [0, 0.05) is 30.8 Å². The molecule has 0 bridgehead atoms. The molecule has 198 valence electrons. The van der Waals surface area contributed by atoms with Gasteiger partial charge in [0.1, 0.15) is 11.6 Å². The van der Waals surface area contributed by atoms with Gasteiger partial charge in [-0.2, -0.15) is 9.61 Å². The lowest BCUT2D eigenvalue weighted by atomic mass is 10.1. The highest BCUT2D eigenvalue weighted by molar-refractivity contribution is 9.10. The minimum atomic E-state index is -0.111. The van der Waals surface area contributed by atoms with Gasteiger partial charge in [-0.05, 0) is 69.6 Å². The quantitative estimate of drug-likeness (QED) is 0.196. The van der Waals surface area contributed by atoms with Crippen LogP contribution in [-0.4, -0.2) is 25.6 Å². The number of carbonyl (C=O) groups excluding carboxylic acids is 1. The number of nitrogens with one attached hydrogen (secondary N) is 2. The molecule has 1 fully saturated rings. The molecule has 3 aromatic carbocycles. The smallest absolute Gasteiger partial charge is 0.221 e. The Balaban J connectivity index is 0.000000257. The van der Waals surface area contributed by atoms with Gasteiger partial charge in [-0.15, -0.1) is 0 Å². The molecule has 7 nitrogen and oxygen atoms in total. The van der Waals surface area contributed by atoms with Gasteiger partial charge in [0.15, 0.2) is 5.65 Å². The van der Waals surface area contributed by atoms with Crippen LogP contribution in [0, 0.1) is 5.92 Å². The van der Waals surface area contributed by atoms with Crippen molar-refractivity contribution < 1.29 is 9.90 Å². The fraction of sp³-hybridized carbons (Fsp3) is 0.194. The van der Waals surface area contributed by atoms with E-state index in [0.717, 1.165) is 33.4 Å². The second-order valence-electron chi connectivity index (χ2n) is 9.74. The summed E-state index contributed by atoms with van der Waals surface area (Å²) in [6, 6.07) is 27.3. The molecule has 5 aromatic rings. The van der Waals surface area contributed by atoms with Crippen LogP contribution in [0.1, 0.15) is 37.3 Å². The van der Waals surface area contributed by atoms with Crippen molar-refractivity contribution in [2.45, 2.75) is 32.7 Å². The molecular weight excluding hydrogens is 554 g/mol. The molecule has 0 saturated heterocycles. The van der Waals surface area contributed by atoms with Crippen molar-refractivity contribution in [3.63, 3.8) is 0 Å². The van der Waals surface area contributed by atoms with E-state index in [2.05, 4.69) is 73.9 Å². The number of fused-ring (bicyclic) bond motifs is 1. The van der Waals surface area contributed by atoms with Crippen molar-refractivity contribution in [2.24, 2.45) is 5.92 Å². The molecule has 6 rings (SSSR count). The van der Waals surface area contributed by atoms with Crippen molar-refractivity contribution >= 4 is 39.0 Å². The first-order valence-electron chi connectivity index (χ1n) is 12.9. The monoisotopic (exact) mass is 583 g/mol. The van der Waals surface area contributed by atoms with Crippen molar-refractivity contribution in [2.75, 3.05) is 10.6 Å². The second kappa shape index (κ2) is 11.7. The van der Waals surface area contributed by atoms with E-state index in [4.69, 9.17) is 0 Å². The highest BCUT2D eigenvalue weighted by atomic mass is 79.9. The van der Waals surface area contributed by atoms with Gasteiger partial charge < -0.3 is 15.7 Å². The molecule has 8 heteroatoms. The number of phenols is 1. The maximum atomic E-state index is 11.3. The predicted molar refractivity (Wildman–Crippen MR) is 159 cm³/mol. The van der Waals surface area contributed by atoms with Gasteiger partial charge in [-0.1, -0.05) is 61.5 Å². The Morgan fingerprint density at radius 2 is 1.79 bits per heavy atom. The Labute approximate surface area is 236 Å². The lowest BCUT2D eigenvalue weighted by Crippen LogP contribution is -2.08. The van der Waals surface area contributed by atoms with E-state index in [1.54, 1.807) is 22.8 Å². The maximum Gasteiger partial charge on any atom is 0.221 e. The summed E-state index contributed by atoms with van der Waals surface area (Å²) >= 11 is 3.48. The van der Waals surface area contributed by atoms with Gasteiger partial charge in [-0.3, -0.25) is 4.79 Å². The highest BCUT2D eigenvalue weighted by Crippen LogP contribution is 2.46. The molecule has 0 radical (unpaired) electrons. The number of nitrogens with zero attached hydrogens (tertiary/aromatic N) is 3. The van der Waals surface area contributed by atoms with E-state index in [1.807, 2.05) is 42.5 Å². The number of aromatic hydroxyl groups is 1. The highest BCUT2D eigenvalue weighted by Gasteiger charge is 2.33. The number of phenolic OH excluding ortho intramolecular Hbond substituents is 1. The van der Waals surface area contributed by atoms with Gasteiger partial charge >= 0.3 is 0 Å². The Morgan fingerprint density at radius 1 is 1.05 bits per heavy atom. The molecule has 0 aliphatic heterocycles. The SMILES string of the molecule is CC(=O)Nc1cccc(CNc2cc(-c3ccccc3O)nc3c(Br)cnn23)c1.CC1C[C@H]1c1ccccc1. The van der Waals surface area contributed by atoms with Gasteiger partial charge in [0.25, 0.3) is 0 Å². The minimum absolute atomic E-state index is 0.111. The number of para-hydroxylation sites is 1. The van der Waals surface area contributed by atoms with Crippen molar-refractivity contribution in [3.8, 4) is 17.0 Å². The lowest BCUT2D eigenvalue weighted by molar-refractivity contribution is -0.114. The number of anilines is 2. The van der Waals surface area contributed by atoms with E-state index in [1.165, 1.54) is 18.9 Å². The average molecular weight is 585 g/mol. The first-order valence-corrected chi connectivity index (χ1v) is 13.7. The predicted octanol–water partition coefficient (Wildman–Crippen LogP) is 7.24. The average Bonchev–Trinajstić information content (AvgIpc) is 3.56. The molecular formula is C31H30BrN5O2. The third kappa shape index (κ3) is 6.46. The maximum absolute atomic E-state index is 11.3. The van der Waals surface area contributed by atoms with Crippen LogP contribution in [0.15, 0.2) is 95.6 Å². The molecule has 2 atom stereocenters. The van der Waals surface area contributed by atoms with Crippen molar-refractivity contribution in [1.82, 2.24) is 14.6 Å². The van der Waals surface area contributed by atoms with Gasteiger partial charge in [0.05, 0.1) is 16.4 Å². The number of carbonyl (C=O) groups is 1. The number of halogens is 1. The lowest BCUT2D eigenvalue weighted by Gasteiger charge is -2.12. The van der Waals surface area contributed by atoms with Crippen LogP contribution in [0.5, 0.6) is 5.75 Å². The largest absolute Gasteiger partial charge is 0.507 e. The van der Waals surface area contributed by atoms with Crippen LogP contribution < -0.4 is 10.6 Å². The number of amides is 1. The summed E-state index contributed by atoms with van der Waals surface area (Å²) in [6.07, 6.45) is 3.07. The number of aromatic nitrogens is 3. The standard InChI is InChI=1S/C21H18BrN5O2.C10H12/c1-13(28)25-15-6-4-5-14(9-15)11-23-20-10-18(16-7-2-3-8-19(16)29)26-21-17(22)12-24-27(20)21;1-8-7-10(8)9-5-3-2-4-6-9/h2-10,12,23,29H,11H2,1H3,(H,25,28);2-6,8,10H,7H2,1H3/t;8?,10-/m.1/s1. The van der Waals surface area contributed by atoms with Gasteiger partial charge in [-0.25, -0.2) is 4.98 Å². The van der Waals surface area contributed by atoms with E-state index in [9.17, 15) is 9.90 Å². The summed E-state index contributed by atoms with van der Waals surface area (Å²) in [5.74, 6) is 2.58. The number of rotatable bonds is 6. The third-order valence-corrected chi connectivity index (χ3v) is 7.23. The summed E-state index contributed by atoms with van der Waals surface area (Å²) in [5, 5.41) is 20.8. The van der Waals surface area contributed by atoms with Crippen LogP contribution in [0.4, 0.5) is 11.5 Å². The Bertz CT molecular complexity index is 1600. The number of benzene rings is 3. The topological polar surface area (TPSA) is 91.5 Å². The molecule has 0 spiro atoms. The zero-order valence-corrected chi connectivity index (χ0v) is 23.4. The Hall–Kier alpha value is -4.17. The van der Waals surface area contributed by atoms with E-state index in [0.29, 0.717) is 23.4 Å². The molecule has 39 heavy (non-hydrogen) atoms. The summed E-state index contributed by atoms with van der Waals surface area (Å²) < 4.78 is 2.45. The Morgan fingerprint density at radius 3 is 2.51 bits per heavy atom. The molecule has 1 aliphatic carbocycles. The van der Waals surface area contributed by atoms with Crippen LogP contribution >= 0.6 is 15.9 Å². The summed E-state index contributed by atoms with van der Waals surface area (Å²) in [5.41, 5.74) is 5.17. The second-order valence-corrected chi connectivity index (χ2v) is 10.6. The van der Waals surface area contributed by atoms with Crippen LogP contribution in [-0.2, 0) is 11.3 Å². The van der Waals surface area contributed by atoms with Crippen molar-refractivity contribution in [1.29, 1.82) is 0 Å². The van der Waals surface area contributed by atoms with Crippen LogP contribution in [0.2, 0.25) is 0 Å². The summed E-state index contributed by atoms with van der Waals surface area (Å²) in [6.45, 7) is 4.32. The zero-order chi connectivity index (χ0) is 27.4. The minimum Gasteiger partial charge on any atom is -0.507 e. The molecule has 2 aromatic heterocycles. The molecule has 1 unspecified atom stereocenters. The van der Waals surface area contributed by atoms with Crippen LogP contribution in [0.3, 0.4) is 0 Å². The number of hydrogen-bond donors (Lipinski definition) is 3. The van der Waals surface area contributed by atoms with Crippen molar-refractivity contribution in [3.05, 3.63) is 107 Å². The van der Waals surface area contributed by atoms with E-state index >= 15 is 0 Å². The Kier molecular flexibility index (Phi) is 7.93. The summed E-state index contributed by atoms with van der Waals surface area (Å²) in [7, 11) is 0. The number of hydrogen-bond acceptors (Lipinski definition) is 5. The fourth-order valence-corrected chi connectivity index (χ4v) is 4.88. The molecule has 1 saturated carbocycles. The first kappa shape index (κ1) is 26.4. The fourth-order valence-electron chi connectivity index (χ4n) is 4.53. The zero-order valence-electron chi connectivity index (χ0n) is 21.8. The van der Waals surface area contributed by atoms with Gasteiger partial charge in [0.2, 0.25) is 5.91 Å². The molecule has 1 aliphatic rings. The first-order chi connectivity index (χ1) is 18.9. The summed E-state index contributed by atoms with van der Waals surface area (Å²) in [4.78, 5) is 15.9. The molecule has 3 N–H and O–H groups in total. The normalized spacial score (nSPS) is 15.8. The van der Waals surface area contributed by atoms with Crippen LogP contribution in [0.25, 0.3) is 16.9 Å².